The first-order valence-corrected chi connectivity index (χ1v) is 15.2. The van der Waals surface area contributed by atoms with Gasteiger partial charge in [-0.25, -0.2) is 4.99 Å². The molecule has 1 aliphatic carbocycles. The summed E-state index contributed by atoms with van der Waals surface area (Å²) in [6.45, 7) is 5.09. The molecular weight excluding hydrogens is 562 g/mol. The first-order valence-electron chi connectivity index (χ1n) is 14.4. The lowest BCUT2D eigenvalue weighted by Gasteiger charge is -2.31. The molecule has 2 heterocycles. The molecule has 1 aliphatic heterocycles. The second kappa shape index (κ2) is 12.2. The number of benzene rings is 3. The van der Waals surface area contributed by atoms with Gasteiger partial charge in [-0.3, -0.25) is 19.5 Å². The van der Waals surface area contributed by atoms with Crippen LogP contribution in [0.2, 0.25) is 0 Å². The SMILES string of the molecule is CCOc1ccc(/C=C2\CCCC3=C2N=c2s/c(=C/c4ccccc4[N+](=O)[O-])c(=O)n2C3c2ccc(OCC)cc2)cc1. The molecule has 43 heavy (non-hydrogen) atoms. The molecule has 6 rings (SSSR count). The Labute approximate surface area is 252 Å². The smallest absolute Gasteiger partial charge is 0.276 e. The number of rotatable bonds is 8. The number of hydrogen-bond donors (Lipinski definition) is 0. The Morgan fingerprint density at radius 3 is 2.30 bits per heavy atom. The summed E-state index contributed by atoms with van der Waals surface area (Å²) < 4.78 is 13.4. The van der Waals surface area contributed by atoms with E-state index in [0.29, 0.717) is 28.1 Å². The Hall–Kier alpha value is -4.76. The molecule has 9 heteroatoms. The van der Waals surface area contributed by atoms with Crippen molar-refractivity contribution in [2.75, 3.05) is 13.2 Å². The molecule has 0 N–H and O–H groups in total. The monoisotopic (exact) mass is 593 g/mol. The number of allylic oxidation sites excluding steroid dienone is 2. The molecule has 0 spiro atoms. The van der Waals surface area contributed by atoms with Crippen LogP contribution in [0, 0.1) is 10.1 Å². The summed E-state index contributed by atoms with van der Waals surface area (Å²) in [6.07, 6.45) is 6.40. The number of para-hydroxylation sites is 1. The summed E-state index contributed by atoms with van der Waals surface area (Å²) in [7, 11) is 0. The highest BCUT2D eigenvalue weighted by molar-refractivity contribution is 7.07. The number of ether oxygens (including phenoxy) is 2. The highest BCUT2D eigenvalue weighted by atomic mass is 32.1. The molecule has 0 radical (unpaired) electrons. The number of aromatic nitrogens is 1. The van der Waals surface area contributed by atoms with E-state index in [9.17, 15) is 14.9 Å². The van der Waals surface area contributed by atoms with Crippen LogP contribution in [0.1, 0.15) is 55.8 Å². The molecule has 1 unspecified atom stereocenters. The molecule has 0 saturated carbocycles. The van der Waals surface area contributed by atoms with Crippen molar-refractivity contribution < 1.29 is 14.4 Å². The van der Waals surface area contributed by atoms with Crippen LogP contribution < -0.4 is 24.4 Å². The van der Waals surface area contributed by atoms with Crippen LogP contribution in [-0.4, -0.2) is 22.7 Å². The van der Waals surface area contributed by atoms with Crippen LogP contribution in [0.15, 0.2) is 99.4 Å². The summed E-state index contributed by atoms with van der Waals surface area (Å²) in [5.41, 5.74) is 5.28. The zero-order valence-corrected chi connectivity index (χ0v) is 24.8. The molecule has 0 amide bonds. The highest BCUT2D eigenvalue weighted by Gasteiger charge is 2.32. The Morgan fingerprint density at radius 1 is 0.953 bits per heavy atom. The zero-order valence-electron chi connectivity index (χ0n) is 24.0. The van der Waals surface area contributed by atoms with Crippen LogP contribution in [0.4, 0.5) is 5.69 Å². The molecule has 0 bridgehead atoms. The van der Waals surface area contributed by atoms with E-state index < -0.39 is 4.92 Å². The fourth-order valence-electron chi connectivity index (χ4n) is 5.71. The van der Waals surface area contributed by atoms with Gasteiger partial charge in [0.05, 0.1) is 40.0 Å². The normalized spacial score (nSPS) is 17.3. The minimum absolute atomic E-state index is 0.0451. The molecular formula is C34H31N3O5S. The van der Waals surface area contributed by atoms with E-state index in [1.165, 1.54) is 17.4 Å². The molecule has 1 atom stereocenters. The molecule has 8 nitrogen and oxygen atoms in total. The van der Waals surface area contributed by atoms with Crippen molar-refractivity contribution >= 4 is 29.2 Å². The molecule has 0 saturated heterocycles. The summed E-state index contributed by atoms with van der Waals surface area (Å²) >= 11 is 1.26. The molecule has 1 aromatic heterocycles. The lowest BCUT2D eigenvalue weighted by Crippen LogP contribution is -2.39. The van der Waals surface area contributed by atoms with E-state index in [2.05, 4.69) is 6.08 Å². The number of hydrogen-bond acceptors (Lipinski definition) is 7. The van der Waals surface area contributed by atoms with Crippen molar-refractivity contribution in [1.29, 1.82) is 0 Å². The number of nitro benzene ring substituents is 1. The second-order valence-electron chi connectivity index (χ2n) is 10.3. The summed E-state index contributed by atoms with van der Waals surface area (Å²) in [4.78, 5) is 30.9. The fourth-order valence-corrected chi connectivity index (χ4v) is 6.71. The number of thiazole rings is 1. The van der Waals surface area contributed by atoms with Crippen LogP contribution in [-0.2, 0) is 0 Å². The van der Waals surface area contributed by atoms with Gasteiger partial charge in [-0.1, -0.05) is 47.7 Å². The van der Waals surface area contributed by atoms with E-state index in [4.69, 9.17) is 14.5 Å². The summed E-state index contributed by atoms with van der Waals surface area (Å²) in [5.74, 6) is 1.60. The van der Waals surface area contributed by atoms with Gasteiger partial charge in [0.2, 0.25) is 0 Å². The Balaban J connectivity index is 1.53. The van der Waals surface area contributed by atoms with E-state index in [-0.39, 0.29) is 17.3 Å². The average Bonchev–Trinajstić information content (AvgIpc) is 3.32. The maximum atomic E-state index is 14.0. The van der Waals surface area contributed by atoms with Crippen LogP contribution >= 0.6 is 11.3 Å². The first kappa shape index (κ1) is 28.4. The third-order valence-corrected chi connectivity index (χ3v) is 8.58. The van der Waals surface area contributed by atoms with Crippen LogP contribution in [0.5, 0.6) is 11.5 Å². The lowest BCUT2D eigenvalue weighted by atomic mass is 9.84. The van der Waals surface area contributed by atoms with Gasteiger partial charge < -0.3 is 9.47 Å². The van der Waals surface area contributed by atoms with Gasteiger partial charge in [0.25, 0.3) is 11.2 Å². The van der Waals surface area contributed by atoms with Gasteiger partial charge in [0.15, 0.2) is 4.80 Å². The van der Waals surface area contributed by atoms with E-state index >= 15 is 0 Å². The maximum absolute atomic E-state index is 14.0. The Bertz CT molecular complexity index is 1920. The van der Waals surface area contributed by atoms with E-state index in [1.54, 1.807) is 28.8 Å². The zero-order chi connectivity index (χ0) is 29.9. The molecule has 3 aromatic carbocycles. The van der Waals surface area contributed by atoms with Gasteiger partial charge in [-0.05, 0) is 97.9 Å². The number of fused-ring (bicyclic) bond motifs is 1. The second-order valence-corrected chi connectivity index (χ2v) is 11.3. The molecule has 4 aromatic rings. The standard InChI is InChI=1S/C34H31N3O5S/c1-3-41-26-16-12-22(13-17-26)20-25-9-7-10-28-31(25)35-34-36(32(28)23-14-18-27(19-15-23)42-4-2)33(38)30(43-34)21-24-8-5-6-11-29(24)37(39)40/h5-6,8,11-21,32H,3-4,7,9-10H2,1-2H3/b25-20+,30-21+. The van der Waals surface area contributed by atoms with Crippen LogP contribution in [0.25, 0.3) is 12.2 Å². The fraction of sp³-hybridized carbons (Fsp3) is 0.235. The van der Waals surface area contributed by atoms with Gasteiger partial charge >= 0.3 is 0 Å². The average molecular weight is 594 g/mol. The van der Waals surface area contributed by atoms with Crippen molar-refractivity contribution in [3.8, 4) is 11.5 Å². The molecule has 0 fully saturated rings. The quantitative estimate of drug-likeness (QED) is 0.179. The van der Waals surface area contributed by atoms with E-state index in [1.807, 2.05) is 62.4 Å². The van der Waals surface area contributed by atoms with Crippen molar-refractivity contribution in [2.45, 2.75) is 39.2 Å². The predicted molar refractivity (Wildman–Crippen MR) is 168 cm³/mol. The highest BCUT2D eigenvalue weighted by Crippen LogP contribution is 2.41. The predicted octanol–water partition coefficient (Wildman–Crippen LogP) is 6.19. The minimum atomic E-state index is -0.428. The van der Waals surface area contributed by atoms with Gasteiger partial charge in [0.1, 0.15) is 11.5 Å². The number of nitro groups is 1. The third kappa shape index (κ3) is 5.68. The summed E-state index contributed by atoms with van der Waals surface area (Å²) in [6, 6.07) is 22.0. The van der Waals surface area contributed by atoms with Crippen molar-refractivity contribution in [2.24, 2.45) is 4.99 Å². The maximum Gasteiger partial charge on any atom is 0.276 e. The minimum Gasteiger partial charge on any atom is -0.494 e. The van der Waals surface area contributed by atoms with Crippen LogP contribution in [0.3, 0.4) is 0 Å². The van der Waals surface area contributed by atoms with Gasteiger partial charge in [-0.2, -0.15) is 0 Å². The summed E-state index contributed by atoms with van der Waals surface area (Å²) in [5, 5.41) is 11.7. The third-order valence-electron chi connectivity index (χ3n) is 7.59. The van der Waals surface area contributed by atoms with E-state index in [0.717, 1.165) is 58.7 Å². The Kier molecular flexibility index (Phi) is 8.07. The Morgan fingerprint density at radius 2 is 1.63 bits per heavy atom. The largest absolute Gasteiger partial charge is 0.494 e. The van der Waals surface area contributed by atoms with Gasteiger partial charge in [0, 0.05) is 6.07 Å². The first-order chi connectivity index (χ1) is 21.0. The van der Waals surface area contributed by atoms with Crippen molar-refractivity contribution in [3.63, 3.8) is 0 Å². The lowest BCUT2D eigenvalue weighted by molar-refractivity contribution is -0.385. The molecule has 218 valence electrons. The molecule has 2 aliphatic rings. The topological polar surface area (TPSA) is 96.0 Å². The van der Waals surface area contributed by atoms with Crippen molar-refractivity contribution in [1.82, 2.24) is 4.57 Å². The van der Waals surface area contributed by atoms with Gasteiger partial charge in [-0.15, -0.1) is 0 Å². The van der Waals surface area contributed by atoms with Crippen molar-refractivity contribution in [3.05, 3.63) is 136 Å². The number of nitrogens with zero attached hydrogens (tertiary/aromatic N) is 3.